The summed E-state index contributed by atoms with van der Waals surface area (Å²) in [5, 5.41) is 13.4. The minimum absolute atomic E-state index is 0.279. The number of hydrogen-bond acceptors (Lipinski definition) is 4. The van der Waals surface area contributed by atoms with Crippen LogP contribution < -0.4 is 5.32 Å². The molecule has 1 heterocycles. The molecule has 0 radical (unpaired) electrons. The molecule has 0 aromatic carbocycles. The van der Waals surface area contributed by atoms with Crippen molar-refractivity contribution in [3.63, 3.8) is 0 Å². The van der Waals surface area contributed by atoms with Crippen LogP contribution in [0.3, 0.4) is 0 Å². The zero-order chi connectivity index (χ0) is 11.5. The Morgan fingerprint density at radius 1 is 1.56 bits per heavy atom. The summed E-state index contributed by atoms with van der Waals surface area (Å²) < 4.78 is 0. The second-order valence-corrected chi connectivity index (χ2v) is 4.49. The Kier molecular flexibility index (Phi) is 3.61. The number of nitrogens with zero attached hydrogens (tertiary/aromatic N) is 2. The van der Waals surface area contributed by atoms with Gasteiger partial charge in [0.1, 0.15) is 17.3 Å². The van der Waals surface area contributed by atoms with Crippen LogP contribution in [-0.4, -0.2) is 27.7 Å². The van der Waals surface area contributed by atoms with E-state index in [2.05, 4.69) is 15.3 Å². The Morgan fingerprint density at radius 3 is 2.94 bits per heavy atom. The molecule has 16 heavy (non-hydrogen) atoms. The lowest BCUT2D eigenvalue weighted by Crippen LogP contribution is -2.22. The van der Waals surface area contributed by atoms with Gasteiger partial charge < -0.3 is 10.4 Å². The summed E-state index contributed by atoms with van der Waals surface area (Å²) >= 11 is 5.97. The lowest BCUT2D eigenvalue weighted by Gasteiger charge is -2.13. The fourth-order valence-electron chi connectivity index (χ4n) is 1.71. The largest absolute Gasteiger partial charge is 0.391 e. The third kappa shape index (κ3) is 2.62. The van der Waals surface area contributed by atoms with E-state index in [1.807, 2.05) is 6.92 Å². The molecular weight excluding hydrogens is 226 g/mol. The molecule has 1 aliphatic rings. The maximum atomic E-state index is 9.74. The summed E-state index contributed by atoms with van der Waals surface area (Å²) in [5.74, 6) is 1.21. The van der Waals surface area contributed by atoms with Crippen LogP contribution in [0.4, 0.5) is 5.82 Å². The van der Waals surface area contributed by atoms with E-state index in [1.54, 1.807) is 0 Å². The molecule has 0 aliphatic heterocycles. The minimum atomic E-state index is -0.279. The molecule has 2 rings (SSSR count). The van der Waals surface area contributed by atoms with E-state index < -0.39 is 0 Å². The SMILES string of the molecule is CCc1c(Cl)ncnc1NCC(O)C1CC1. The summed E-state index contributed by atoms with van der Waals surface area (Å²) in [6, 6.07) is 0. The van der Waals surface area contributed by atoms with Gasteiger partial charge in [0.05, 0.1) is 6.10 Å². The van der Waals surface area contributed by atoms with Crippen molar-refractivity contribution in [1.82, 2.24) is 9.97 Å². The van der Waals surface area contributed by atoms with Crippen LogP contribution in [0, 0.1) is 5.92 Å². The van der Waals surface area contributed by atoms with Gasteiger partial charge in [-0.05, 0) is 25.2 Å². The molecule has 1 fully saturated rings. The number of anilines is 1. The predicted octanol–water partition coefficient (Wildman–Crippen LogP) is 1.88. The average molecular weight is 242 g/mol. The molecule has 1 atom stereocenters. The van der Waals surface area contributed by atoms with Gasteiger partial charge in [-0.2, -0.15) is 0 Å². The molecule has 0 spiro atoms. The third-order valence-corrected chi connectivity index (χ3v) is 3.22. The first kappa shape index (κ1) is 11.6. The third-order valence-electron chi connectivity index (χ3n) is 2.89. The van der Waals surface area contributed by atoms with Gasteiger partial charge in [0.15, 0.2) is 0 Å². The topological polar surface area (TPSA) is 58.0 Å². The number of aliphatic hydroxyl groups excluding tert-OH is 1. The number of aromatic nitrogens is 2. The summed E-state index contributed by atoms with van der Waals surface area (Å²) in [5.41, 5.74) is 0.909. The van der Waals surface area contributed by atoms with Gasteiger partial charge in [0.25, 0.3) is 0 Å². The Balaban J connectivity index is 1.99. The van der Waals surface area contributed by atoms with Gasteiger partial charge in [-0.3, -0.25) is 0 Å². The van der Waals surface area contributed by atoms with Crippen molar-refractivity contribution in [3.8, 4) is 0 Å². The first-order chi connectivity index (χ1) is 7.72. The Morgan fingerprint density at radius 2 is 2.31 bits per heavy atom. The maximum Gasteiger partial charge on any atom is 0.137 e. The van der Waals surface area contributed by atoms with Crippen LogP contribution in [0.5, 0.6) is 0 Å². The van der Waals surface area contributed by atoms with Crippen molar-refractivity contribution in [2.24, 2.45) is 5.92 Å². The van der Waals surface area contributed by atoms with E-state index in [0.717, 1.165) is 30.6 Å². The Hall–Kier alpha value is -0.870. The van der Waals surface area contributed by atoms with Crippen molar-refractivity contribution in [2.45, 2.75) is 32.3 Å². The predicted molar refractivity (Wildman–Crippen MR) is 63.6 cm³/mol. The standard InChI is InChI=1S/C11H16ClN3O/c1-2-8-10(12)14-6-15-11(8)13-5-9(16)7-3-4-7/h6-7,9,16H,2-5H2,1H3,(H,13,14,15). The second kappa shape index (κ2) is 4.97. The van der Waals surface area contributed by atoms with E-state index in [0.29, 0.717) is 17.6 Å². The lowest BCUT2D eigenvalue weighted by atomic mass is 10.2. The molecule has 1 aromatic heterocycles. The highest BCUT2D eigenvalue weighted by Gasteiger charge is 2.29. The number of hydrogen-bond donors (Lipinski definition) is 2. The molecular formula is C11H16ClN3O. The van der Waals surface area contributed by atoms with Crippen LogP contribution in [-0.2, 0) is 6.42 Å². The van der Waals surface area contributed by atoms with Crippen molar-refractivity contribution in [3.05, 3.63) is 17.0 Å². The summed E-state index contributed by atoms with van der Waals surface area (Å²) in [6.07, 6.45) is 4.20. The number of aliphatic hydroxyl groups is 1. The van der Waals surface area contributed by atoms with Crippen LogP contribution in [0.2, 0.25) is 5.15 Å². The van der Waals surface area contributed by atoms with E-state index in [9.17, 15) is 5.11 Å². The lowest BCUT2D eigenvalue weighted by molar-refractivity contribution is 0.164. The quantitative estimate of drug-likeness (QED) is 0.773. The summed E-state index contributed by atoms with van der Waals surface area (Å²) in [6.45, 7) is 2.54. The van der Waals surface area contributed by atoms with Crippen molar-refractivity contribution in [1.29, 1.82) is 0 Å². The Labute approximate surface area is 100 Å². The van der Waals surface area contributed by atoms with Gasteiger partial charge in [0.2, 0.25) is 0 Å². The summed E-state index contributed by atoms with van der Waals surface area (Å²) in [4.78, 5) is 8.08. The average Bonchev–Trinajstić information content (AvgIpc) is 3.09. The molecule has 1 saturated carbocycles. The van der Waals surface area contributed by atoms with Crippen molar-refractivity contribution < 1.29 is 5.11 Å². The van der Waals surface area contributed by atoms with Crippen LogP contribution in [0.15, 0.2) is 6.33 Å². The molecule has 0 amide bonds. The first-order valence-corrected chi connectivity index (χ1v) is 6.01. The highest BCUT2D eigenvalue weighted by molar-refractivity contribution is 6.30. The van der Waals surface area contributed by atoms with E-state index in [4.69, 9.17) is 11.6 Å². The smallest absolute Gasteiger partial charge is 0.137 e. The van der Waals surface area contributed by atoms with E-state index >= 15 is 0 Å². The van der Waals surface area contributed by atoms with E-state index in [-0.39, 0.29) is 6.10 Å². The highest BCUT2D eigenvalue weighted by atomic mass is 35.5. The van der Waals surface area contributed by atoms with E-state index in [1.165, 1.54) is 6.33 Å². The minimum Gasteiger partial charge on any atom is -0.391 e. The van der Waals surface area contributed by atoms with Gasteiger partial charge in [0, 0.05) is 12.1 Å². The van der Waals surface area contributed by atoms with Gasteiger partial charge in [-0.1, -0.05) is 18.5 Å². The second-order valence-electron chi connectivity index (χ2n) is 4.13. The summed E-state index contributed by atoms with van der Waals surface area (Å²) in [7, 11) is 0. The molecule has 88 valence electrons. The number of halogens is 1. The number of nitrogens with one attached hydrogen (secondary N) is 1. The van der Waals surface area contributed by atoms with Crippen molar-refractivity contribution >= 4 is 17.4 Å². The zero-order valence-electron chi connectivity index (χ0n) is 9.28. The molecule has 4 nitrogen and oxygen atoms in total. The molecule has 1 unspecified atom stereocenters. The normalized spacial score (nSPS) is 17.2. The Bertz CT molecular complexity index is 368. The van der Waals surface area contributed by atoms with Crippen LogP contribution in [0.25, 0.3) is 0 Å². The molecule has 1 aromatic rings. The van der Waals surface area contributed by atoms with Crippen molar-refractivity contribution in [2.75, 3.05) is 11.9 Å². The van der Waals surface area contributed by atoms with Crippen LogP contribution >= 0.6 is 11.6 Å². The monoisotopic (exact) mass is 241 g/mol. The van der Waals surface area contributed by atoms with Crippen LogP contribution in [0.1, 0.15) is 25.3 Å². The zero-order valence-corrected chi connectivity index (χ0v) is 10.0. The maximum absolute atomic E-state index is 9.74. The fraction of sp³-hybridized carbons (Fsp3) is 0.636. The van der Waals surface area contributed by atoms with Gasteiger partial charge >= 0.3 is 0 Å². The van der Waals surface area contributed by atoms with Gasteiger partial charge in [-0.25, -0.2) is 9.97 Å². The van der Waals surface area contributed by atoms with Gasteiger partial charge in [-0.15, -0.1) is 0 Å². The molecule has 1 aliphatic carbocycles. The highest BCUT2D eigenvalue weighted by Crippen LogP contribution is 2.32. The molecule has 5 heteroatoms. The molecule has 0 saturated heterocycles. The molecule has 0 bridgehead atoms. The number of rotatable bonds is 5. The molecule has 2 N–H and O–H groups in total. The fourth-order valence-corrected chi connectivity index (χ4v) is 1.97. The first-order valence-electron chi connectivity index (χ1n) is 5.63.